The van der Waals surface area contributed by atoms with Gasteiger partial charge in [-0.15, -0.1) is 0 Å². The molecule has 0 aliphatic rings. The maximum atomic E-state index is 2.45. The molecule has 1 heteroatoms. The van der Waals surface area contributed by atoms with E-state index in [2.05, 4.69) is 51.8 Å². The first kappa shape index (κ1) is 18.4. The molecule has 1 nitrogen and oxygen atoms in total. The summed E-state index contributed by atoms with van der Waals surface area (Å²) >= 11 is 0. The van der Waals surface area contributed by atoms with E-state index < -0.39 is 0 Å². The molecule has 0 spiro atoms. The molecule has 0 aliphatic carbocycles. The van der Waals surface area contributed by atoms with E-state index in [1.165, 1.54) is 45.1 Å². The minimum absolute atomic E-state index is 1.14. The van der Waals surface area contributed by atoms with E-state index in [4.69, 9.17) is 0 Å². The summed E-state index contributed by atoms with van der Waals surface area (Å²) in [7, 11) is 2.21. The average molecular weight is 265 g/mol. The smallest absolute Gasteiger partial charge is 0.00155 e. The largest absolute Gasteiger partial charge is 0.306 e. The Morgan fingerprint density at radius 2 is 1.79 bits per heavy atom. The summed E-state index contributed by atoms with van der Waals surface area (Å²) in [4.78, 5) is 2.39. The van der Waals surface area contributed by atoms with Gasteiger partial charge >= 0.3 is 0 Å². The van der Waals surface area contributed by atoms with Crippen LogP contribution >= 0.6 is 0 Å². The molecule has 0 unspecified atom stereocenters. The highest BCUT2D eigenvalue weighted by molar-refractivity contribution is 5.14. The number of rotatable bonds is 11. The van der Waals surface area contributed by atoms with E-state index in [1.807, 2.05) is 0 Å². The quantitative estimate of drug-likeness (QED) is 0.348. The Balaban J connectivity index is 4.14. The topological polar surface area (TPSA) is 3.24 Å². The Kier molecular flexibility index (Phi) is 12.1. The number of hydrogen-bond donors (Lipinski definition) is 0. The molecule has 0 fully saturated rings. The van der Waals surface area contributed by atoms with Gasteiger partial charge in [0.05, 0.1) is 0 Å². The second kappa shape index (κ2) is 12.5. The van der Waals surface area contributed by atoms with Gasteiger partial charge in [-0.2, -0.15) is 0 Å². The lowest BCUT2D eigenvalue weighted by atomic mass is 10.0. The van der Waals surface area contributed by atoms with E-state index in [0.29, 0.717) is 0 Å². The average Bonchev–Trinajstić information content (AvgIpc) is 2.40. The van der Waals surface area contributed by atoms with Crippen LogP contribution in [0.5, 0.6) is 0 Å². The van der Waals surface area contributed by atoms with Crippen molar-refractivity contribution in [2.45, 2.75) is 72.6 Å². The zero-order valence-electron chi connectivity index (χ0n) is 14.0. The van der Waals surface area contributed by atoms with Crippen LogP contribution in [0.25, 0.3) is 0 Å². The summed E-state index contributed by atoms with van der Waals surface area (Å²) in [5, 5.41) is 0. The van der Waals surface area contributed by atoms with Crippen molar-refractivity contribution >= 4 is 0 Å². The van der Waals surface area contributed by atoms with Crippen LogP contribution in [0.1, 0.15) is 72.6 Å². The van der Waals surface area contributed by atoms with E-state index in [1.54, 1.807) is 11.1 Å². The Labute approximate surface area is 121 Å². The zero-order chi connectivity index (χ0) is 14.5. The van der Waals surface area contributed by atoms with Gasteiger partial charge in [0.1, 0.15) is 0 Å². The standard InChI is InChI=1S/C18H35N/c1-6-9-10-11-13-17(4)16-18(12-7-2)14-15-19(5)8-3/h12-13H,6-11,14-16H2,1-5H3/b17-13-,18-12-. The minimum Gasteiger partial charge on any atom is -0.306 e. The third-order valence-corrected chi connectivity index (χ3v) is 3.65. The predicted molar refractivity (Wildman–Crippen MR) is 88.7 cm³/mol. The molecule has 0 aromatic heterocycles. The van der Waals surface area contributed by atoms with Crippen LogP contribution in [-0.2, 0) is 0 Å². The van der Waals surface area contributed by atoms with Gasteiger partial charge in [-0.05, 0) is 52.6 Å². The summed E-state index contributed by atoms with van der Waals surface area (Å²) in [6.45, 7) is 11.4. The molecule has 0 saturated heterocycles. The molecule has 0 aliphatic heterocycles. The van der Waals surface area contributed by atoms with Gasteiger partial charge in [0, 0.05) is 6.54 Å². The van der Waals surface area contributed by atoms with Gasteiger partial charge in [0.2, 0.25) is 0 Å². The fraction of sp³-hybridized carbons (Fsp3) is 0.778. The van der Waals surface area contributed by atoms with Crippen molar-refractivity contribution in [1.82, 2.24) is 4.90 Å². The Morgan fingerprint density at radius 1 is 1.05 bits per heavy atom. The highest BCUT2D eigenvalue weighted by atomic mass is 15.1. The Bertz CT molecular complexity index is 263. The SMILES string of the molecule is CC/C=C(/CCN(C)CC)C/C(C)=C\CCCCC. The molecule has 0 N–H and O–H groups in total. The summed E-state index contributed by atoms with van der Waals surface area (Å²) in [5.74, 6) is 0. The second-order valence-electron chi connectivity index (χ2n) is 5.64. The van der Waals surface area contributed by atoms with Crippen molar-refractivity contribution in [2.24, 2.45) is 0 Å². The molecule has 0 radical (unpaired) electrons. The molecular formula is C18H35N. The van der Waals surface area contributed by atoms with Crippen LogP contribution in [0.3, 0.4) is 0 Å². The molecule has 0 saturated carbocycles. The van der Waals surface area contributed by atoms with Gasteiger partial charge < -0.3 is 4.90 Å². The molecule has 0 bridgehead atoms. The molecular weight excluding hydrogens is 230 g/mol. The van der Waals surface area contributed by atoms with Crippen molar-refractivity contribution in [1.29, 1.82) is 0 Å². The Morgan fingerprint density at radius 3 is 2.37 bits per heavy atom. The predicted octanol–water partition coefficient (Wildman–Crippen LogP) is 5.58. The van der Waals surface area contributed by atoms with E-state index >= 15 is 0 Å². The molecule has 19 heavy (non-hydrogen) atoms. The van der Waals surface area contributed by atoms with Crippen molar-refractivity contribution in [3.05, 3.63) is 23.3 Å². The summed E-state index contributed by atoms with van der Waals surface area (Å²) in [6.07, 6.45) is 13.7. The summed E-state index contributed by atoms with van der Waals surface area (Å²) < 4.78 is 0. The molecule has 0 aromatic carbocycles. The molecule has 112 valence electrons. The molecule has 0 aromatic rings. The van der Waals surface area contributed by atoms with Crippen LogP contribution in [0.2, 0.25) is 0 Å². The van der Waals surface area contributed by atoms with Crippen molar-refractivity contribution in [2.75, 3.05) is 20.1 Å². The van der Waals surface area contributed by atoms with Crippen LogP contribution < -0.4 is 0 Å². The van der Waals surface area contributed by atoms with E-state index in [-0.39, 0.29) is 0 Å². The minimum atomic E-state index is 1.14. The third-order valence-electron chi connectivity index (χ3n) is 3.65. The lowest BCUT2D eigenvalue weighted by Crippen LogP contribution is -2.19. The number of allylic oxidation sites excluding steroid dienone is 3. The third kappa shape index (κ3) is 11.0. The van der Waals surface area contributed by atoms with Gasteiger partial charge in [0.25, 0.3) is 0 Å². The molecule has 0 rings (SSSR count). The van der Waals surface area contributed by atoms with Gasteiger partial charge in [-0.3, -0.25) is 0 Å². The van der Waals surface area contributed by atoms with Crippen LogP contribution in [0.4, 0.5) is 0 Å². The number of nitrogens with zero attached hydrogens (tertiary/aromatic N) is 1. The lowest BCUT2D eigenvalue weighted by molar-refractivity contribution is 0.356. The van der Waals surface area contributed by atoms with Gasteiger partial charge in [-0.25, -0.2) is 0 Å². The summed E-state index contributed by atoms with van der Waals surface area (Å²) in [5.41, 5.74) is 3.17. The molecule has 0 heterocycles. The molecule has 0 amide bonds. The molecule has 0 atom stereocenters. The van der Waals surface area contributed by atoms with Crippen LogP contribution in [0, 0.1) is 0 Å². The lowest BCUT2D eigenvalue weighted by Gasteiger charge is -2.15. The fourth-order valence-electron chi connectivity index (χ4n) is 2.22. The van der Waals surface area contributed by atoms with Crippen LogP contribution in [0.15, 0.2) is 23.3 Å². The summed E-state index contributed by atoms with van der Waals surface area (Å²) in [6, 6.07) is 0. The Hall–Kier alpha value is -0.560. The maximum absolute atomic E-state index is 2.45. The van der Waals surface area contributed by atoms with Crippen molar-refractivity contribution < 1.29 is 0 Å². The monoisotopic (exact) mass is 265 g/mol. The number of unbranched alkanes of at least 4 members (excludes halogenated alkanes) is 3. The first-order valence-corrected chi connectivity index (χ1v) is 8.16. The fourth-order valence-corrected chi connectivity index (χ4v) is 2.22. The normalized spacial score (nSPS) is 13.4. The first-order valence-electron chi connectivity index (χ1n) is 8.16. The van der Waals surface area contributed by atoms with Crippen LogP contribution in [-0.4, -0.2) is 25.0 Å². The van der Waals surface area contributed by atoms with Crippen molar-refractivity contribution in [3.63, 3.8) is 0 Å². The zero-order valence-corrected chi connectivity index (χ0v) is 14.0. The van der Waals surface area contributed by atoms with E-state index in [9.17, 15) is 0 Å². The van der Waals surface area contributed by atoms with Crippen molar-refractivity contribution in [3.8, 4) is 0 Å². The maximum Gasteiger partial charge on any atom is 0.00155 e. The van der Waals surface area contributed by atoms with Gasteiger partial charge in [0.15, 0.2) is 0 Å². The van der Waals surface area contributed by atoms with Gasteiger partial charge in [-0.1, -0.05) is 56.9 Å². The second-order valence-corrected chi connectivity index (χ2v) is 5.64. The van der Waals surface area contributed by atoms with E-state index in [0.717, 1.165) is 13.0 Å². The highest BCUT2D eigenvalue weighted by Crippen LogP contribution is 2.16. The first-order chi connectivity index (χ1) is 9.13. The highest BCUT2D eigenvalue weighted by Gasteiger charge is 2.01. The number of hydrogen-bond acceptors (Lipinski definition) is 1.